The van der Waals surface area contributed by atoms with Gasteiger partial charge in [-0.15, -0.1) is 0 Å². The van der Waals surface area contributed by atoms with E-state index in [0.717, 1.165) is 12.8 Å². The molecule has 0 aromatic heterocycles. The topological polar surface area (TPSA) is 44.8 Å². The minimum atomic E-state index is -0.254. The second kappa shape index (κ2) is 6.86. The molecule has 0 N–H and O–H groups in total. The Morgan fingerprint density at radius 2 is 2.12 bits per heavy atom. The number of unbranched alkanes of at least 4 members (excludes halogenated alkanes) is 2. The van der Waals surface area contributed by atoms with Crippen LogP contribution in [0.15, 0.2) is 0 Å². The van der Waals surface area contributed by atoms with Crippen molar-refractivity contribution in [2.24, 2.45) is 5.92 Å². The summed E-state index contributed by atoms with van der Waals surface area (Å²) >= 11 is 0. The summed E-state index contributed by atoms with van der Waals surface area (Å²) in [5, 5.41) is 0. The highest BCUT2D eigenvalue weighted by Gasteiger charge is 2.40. The highest BCUT2D eigenvalue weighted by Crippen LogP contribution is 2.31. The number of carbonyl (C=O) groups is 1. The van der Waals surface area contributed by atoms with Gasteiger partial charge < -0.3 is 14.2 Å². The van der Waals surface area contributed by atoms with E-state index in [2.05, 4.69) is 6.92 Å². The number of hydrogen-bond donors (Lipinski definition) is 0. The van der Waals surface area contributed by atoms with E-state index in [0.29, 0.717) is 6.42 Å². The third-order valence-corrected chi connectivity index (χ3v) is 3.08. The maximum Gasteiger partial charge on any atom is 0.311 e. The summed E-state index contributed by atoms with van der Waals surface area (Å²) in [6, 6.07) is 0. The van der Waals surface area contributed by atoms with E-state index in [1.54, 1.807) is 7.11 Å². The van der Waals surface area contributed by atoms with Gasteiger partial charge >= 0.3 is 5.97 Å². The van der Waals surface area contributed by atoms with Crippen molar-refractivity contribution in [3.63, 3.8) is 0 Å². The van der Waals surface area contributed by atoms with Crippen LogP contribution in [0.3, 0.4) is 0 Å². The summed E-state index contributed by atoms with van der Waals surface area (Å²) in [5.41, 5.74) is 0. The number of hydrogen-bond acceptors (Lipinski definition) is 4. The largest absolute Gasteiger partial charge is 0.469 e. The van der Waals surface area contributed by atoms with Crippen LogP contribution in [-0.2, 0) is 19.0 Å². The summed E-state index contributed by atoms with van der Waals surface area (Å²) in [6.45, 7) is 2.16. The maximum atomic E-state index is 11.6. The first-order valence-corrected chi connectivity index (χ1v) is 5.99. The molecule has 0 bridgehead atoms. The lowest BCUT2D eigenvalue weighted by atomic mass is 9.97. The molecule has 16 heavy (non-hydrogen) atoms. The zero-order valence-electron chi connectivity index (χ0n) is 10.4. The van der Waals surface area contributed by atoms with Crippen molar-refractivity contribution in [3.05, 3.63) is 0 Å². The van der Waals surface area contributed by atoms with Gasteiger partial charge in [0.2, 0.25) is 0 Å². The van der Waals surface area contributed by atoms with Gasteiger partial charge in [0.25, 0.3) is 0 Å². The van der Waals surface area contributed by atoms with Crippen LogP contribution >= 0.6 is 0 Å². The fourth-order valence-electron chi connectivity index (χ4n) is 2.12. The molecule has 4 nitrogen and oxygen atoms in total. The van der Waals surface area contributed by atoms with Crippen LogP contribution in [0.4, 0.5) is 0 Å². The summed E-state index contributed by atoms with van der Waals surface area (Å²) in [6.07, 6.45) is 4.66. The molecule has 3 atom stereocenters. The van der Waals surface area contributed by atoms with Gasteiger partial charge in [0, 0.05) is 13.5 Å². The van der Waals surface area contributed by atoms with E-state index in [9.17, 15) is 4.79 Å². The van der Waals surface area contributed by atoms with Crippen LogP contribution < -0.4 is 0 Å². The van der Waals surface area contributed by atoms with Gasteiger partial charge in [-0.3, -0.25) is 4.79 Å². The lowest BCUT2D eigenvalue weighted by Gasteiger charge is -2.15. The molecule has 1 rings (SSSR count). The van der Waals surface area contributed by atoms with Gasteiger partial charge in [0.1, 0.15) is 0 Å². The minimum Gasteiger partial charge on any atom is -0.469 e. The highest BCUT2D eigenvalue weighted by molar-refractivity contribution is 5.73. The van der Waals surface area contributed by atoms with Gasteiger partial charge in [-0.25, -0.2) is 0 Å². The zero-order valence-corrected chi connectivity index (χ0v) is 10.4. The summed E-state index contributed by atoms with van der Waals surface area (Å²) in [7, 11) is 3.03. The third-order valence-electron chi connectivity index (χ3n) is 3.08. The van der Waals surface area contributed by atoms with E-state index < -0.39 is 0 Å². The quantitative estimate of drug-likeness (QED) is 0.518. The Kier molecular flexibility index (Phi) is 5.77. The molecule has 0 aromatic carbocycles. The first-order valence-electron chi connectivity index (χ1n) is 5.99. The Hall–Kier alpha value is -0.610. The monoisotopic (exact) mass is 230 g/mol. The lowest BCUT2D eigenvalue weighted by Crippen LogP contribution is -2.25. The Morgan fingerprint density at radius 3 is 2.69 bits per heavy atom. The number of methoxy groups -OCH3 is 2. The molecule has 1 saturated heterocycles. The molecule has 4 heteroatoms. The number of carbonyl (C=O) groups excluding carboxylic acids is 1. The van der Waals surface area contributed by atoms with Gasteiger partial charge in [-0.05, 0) is 6.42 Å². The molecule has 0 amide bonds. The Morgan fingerprint density at radius 1 is 1.38 bits per heavy atom. The van der Waals surface area contributed by atoms with Gasteiger partial charge in [-0.1, -0.05) is 26.2 Å². The smallest absolute Gasteiger partial charge is 0.311 e. The van der Waals surface area contributed by atoms with Gasteiger partial charge in [0.15, 0.2) is 6.29 Å². The molecule has 0 aromatic rings. The predicted molar refractivity (Wildman–Crippen MR) is 59.9 cm³/mol. The van der Waals surface area contributed by atoms with Crippen molar-refractivity contribution >= 4 is 5.97 Å². The first kappa shape index (κ1) is 13.5. The van der Waals surface area contributed by atoms with Crippen LogP contribution in [0.2, 0.25) is 0 Å². The molecule has 0 aliphatic carbocycles. The third kappa shape index (κ3) is 3.46. The fraction of sp³-hybridized carbons (Fsp3) is 0.917. The first-order chi connectivity index (χ1) is 7.72. The van der Waals surface area contributed by atoms with Crippen molar-refractivity contribution in [2.75, 3.05) is 14.2 Å². The Labute approximate surface area is 97.2 Å². The van der Waals surface area contributed by atoms with Crippen LogP contribution in [0.1, 0.15) is 39.0 Å². The normalized spacial score (nSPS) is 29.3. The summed E-state index contributed by atoms with van der Waals surface area (Å²) in [5.74, 6) is -0.340. The Bertz CT molecular complexity index is 217. The van der Waals surface area contributed by atoms with Gasteiger partial charge in [-0.2, -0.15) is 0 Å². The number of esters is 1. The molecular weight excluding hydrogens is 208 g/mol. The van der Waals surface area contributed by atoms with Crippen LogP contribution in [0.5, 0.6) is 0 Å². The molecular formula is C12H22O4. The fourth-order valence-corrected chi connectivity index (χ4v) is 2.12. The van der Waals surface area contributed by atoms with E-state index in [1.807, 2.05) is 0 Å². The van der Waals surface area contributed by atoms with E-state index in [4.69, 9.17) is 14.2 Å². The lowest BCUT2D eigenvalue weighted by molar-refractivity contribution is -0.148. The Balaban J connectivity index is 2.47. The number of ether oxygens (including phenoxy) is 3. The van der Waals surface area contributed by atoms with E-state index in [1.165, 1.54) is 20.0 Å². The minimum absolute atomic E-state index is 0.0380. The molecule has 3 unspecified atom stereocenters. The average molecular weight is 230 g/mol. The molecule has 1 heterocycles. The number of rotatable bonds is 6. The second-order valence-corrected chi connectivity index (χ2v) is 4.20. The SMILES string of the molecule is CCCCCC1OC(OC)CC1C(=O)OC. The molecule has 94 valence electrons. The van der Waals surface area contributed by atoms with Crippen molar-refractivity contribution < 1.29 is 19.0 Å². The molecule has 1 aliphatic heterocycles. The van der Waals surface area contributed by atoms with E-state index >= 15 is 0 Å². The van der Waals surface area contributed by atoms with Crippen LogP contribution in [0, 0.1) is 5.92 Å². The highest BCUT2D eigenvalue weighted by atomic mass is 16.7. The van der Waals surface area contributed by atoms with Crippen LogP contribution in [-0.4, -0.2) is 32.6 Å². The van der Waals surface area contributed by atoms with Crippen molar-refractivity contribution in [1.82, 2.24) is 0 Å². The average Bonchev–Trinajstić information content (AvgIpc) is 2.72. The molecule has 1 aliphatic rings. The second-order valence-electron chi connectivity index (χ2n) is 4.20. The molecule has 1 fully saturated rings. The summed E-state index contributed by atoms with van der Waals surface area (Å²) in [4.78, 5) is 11.6. The van der Waals surface area contributed by atoms with Crippen molar-refractivity contribution in [2.45, 2.75) is 51.4 Å². The van der Waals surface area contributed by atoms with Crippen LogP contribution in [0.25, 0.3) is 0 Å². The van der Waals surface area contributed by atoms with Gasteiger partial charge in [0.05, 0.1) is 19.1 Å². The molecule has 0 spiro atoms. The van der Waals surface area contributed by atoms with Crippen molar-refractivity contribution in [3.8, 4) is 0 Å². The molecule has 0 radical (unpaired) electrons. The predicted octanol–water partition coefficient (Wildman–Crippen LogP) is 2.12. The van der Waals surface area contributed by atoms with Crippen molar-refractivity contribution in [1.29, 1.82) is 0 Å². The standard InChI is InChI=1S/C12H22O4/c1-4-5-6-7-10-9(12(13)15-3)8-11(14-2)16-10/h9-11H,4-8H2,1-3H3. The summed E-state index contributed by atoms with van der Waals surface area (Å²) < 4.78 is 15.6. The molecule has 0 saturated carbocycles. The maximum absolute atomic E-state index is 11.6. The zero-order chi connectivity index (χ0) is 12.0. The van der Waals surface area contributed by atoms with E-state index in [-0.39, 0.29) is 24.3 Å².